The van der Waals surface area contributed by atoms with Crippen LogP contribution in [0.15, 0.2) is 0 Å². The Morgan fingerprint density at radius 1 is 1.42 bits per heavy atom. The third kappa shape index (κ3) is 4.11. The van der Waals surface area contributed by atoms with Crippen molar-refractivity contribution in [1.82, 2.24) is 9.80 Å². The molecule has 0 radical (unpaired) electrons. The number of hydrogen-bond donors (Lipinski definition) is 2. The van der Waals surface area contributed by atoms with Gasteiger partial charge in [-0.1, -0.05) is 0 Å². The molecule has 0 aliphatic carbocycles. The summed E-state index contributed by atoms with van der Waals surface area (Å²) in [6.07, 6.45) is 1.36. The van der Waals surface area contributed by atoms with Gasteiger partial charge in [0.25, 0.3) is 0 Å². The first-order chi connectivity index (χ1) is 8.82. The van der Waals surface area contributed by atoms with Crippen LogP contribution in [0.25, 0.3) is 0 Å². The molecule has 1 atom stereocenters. The Kier molecular flexibility index (Phi) is 5.14. The molecule has 3 amide bonds. The number of rotatable bonds is 4. The Bertz CT molecular complexity index is 370. The van der Waals surface area contributed by atoms with Crippen molar-refractivity contribution in [2.24, 2.45) is 11.7 Å². The molecule has 1 rings (SSSR count). The van der Waals surface area contributed by atoms with Crippen LogP contribution in [-0.2, 0) is 9.59 Å². The first-order valence-corrected chi connectivity index (χ1v) is 6.39. The molecule has 0 aromatic heterocycles. The summed E-state index contributed by atoms with van der Waals surface area (Å²) < 4.78 is 0. The lowest BCUT2D eigenvalue weighted by molar-refractivity contribution is -0.148. The van der Waals surface area contributed by atoms with E-state index in [1.807, 2.05) is 0 Å². The second kappa shape index (κ2) is 6.40. The summed E-state index contributed by atoms with van der Waals surface area (Å²) in [6, 6.07) is -0.723. The Hall–Kier alpha value is -1.79. The molecule has 1 saturated heterocycles. The third-order valence-electron chi connectivity index (χ3n) is 3.29. The number of carboxylic acid groups (broad SMARTS) is 1. The largest absolute Gasteiger partial charge is 0.480 e. The molecule has 1 fully saturated rings. The number of aliphatic carboxylic acids is 1. The standard InChI is InChI=1S/C12H21N3O4/c1-8(2)15(7-10(16)17)11(18)9-4-3-5-14(6-9)12(13)19/h8-9H,3-7H2,1-2H3,(H2,13,19)(H,16,17)/t9-/m0/s1. The Morgan fingerprint density at radius 3 is 2.53 bits per heavy atom. The molecule has 0 aromatic carbocycles. The van der Waals surface area contributed by atoms with Crippen LogP contribution in [0, 0.1) is 5.92 Å². The van der Waals surface area contributed by atoms with Crippen LogP contribution in [0.1, 0.15) is 26.7 Å². The van der Waals surface area contributed by atoms with E-state index in [4.69, 9.17) is 10.8 Å². The van der Waals surface area contributed by atoms with Gasteiger partial charge in [0.15, 0.2) is 0 Å². The number of nitrogens with zero attached hydrogens (tertiary/aromatic N) is 2. The van der Waals surface area contributed by atoms with E-state index in [-0.39, 0.29) is 31.0 Å². The third-order valence-corrected chi connectivity index (χ3v) is 3.29. The van der Waals surface area contributed by atoms with E-state index in [0.29, 0.717) is 19.4 Å². The summed E-state index contributed by atoms with van der Waals surface area (Å²) in [5, 5.41) is 8.84. The van der Waals surface area contributed by atoms with Gasteiger partial charge in [0, 0.05) is 19.1 Å². The van der Waals surface area contributed by atoms with Crippen molar-refractivity contribution >= 4 is 17.9 Å². The maximum Gasteiger partial charge on any atom is 0.323 e. The molecule has 0 unspecified atom stereocenters. The van der Waals surface area contributed by atoms with Crippen molar-refractivity contribution in [3.8, 4) is 0 Å². The number of primary amides is 1. The highest BCUT2D eigenvalue weighted by Gasteiger charge is 2.32. The number of likely N-dealkylation sites (tertiary alicyclic amines) is 1. The maximum atomic E-state index is 12.3. The highest BCUT2D eigenvalue weighted by atomic mass is 16.4. The van der Waals surface area contributed by atoms with E-state index in [9.17, 15) is 14.4 Å². The average molecular weight is 271 g/mol. The van der Waals surface area contributed by atoms with Crippen LogP contribution in [0.2, 0.25) is 0 Å². The molecule has 0 aromatic rings. The fourth-order valence-corrected chi connectivity index (χ4v) is 2.27. The van der Waals surface area contributed by atoms with Crippen LogP contribution >= 0.6 is 0 Å². The van der Waals surface area contributed by atoms with E-state index >= 15 is 0 Å². The molecule has 7 nitrogen and oxygen atoms in total. The molecule has 3 N–H and O–H groups in total. The minimum Gasteiger partial charge on any atom is -0.480 e. The van der Waals surface area contributed by atoms with Gasteiger partial charge in [-0.15, -0.1) is 0 Å². The van der Waals surface area contributed by atoms with Gasteiger partial charge in [-0.3, -0.25) is 9.59 Å². The normalized spacial score (nSPS) is 19.3. The number of urea groups is 1. The molecular formula is C12H21N3O4. The number of carbonyl (C=O) groups is 3. The topological polar surface area (TPSA) is 104 Å². The highest BCUT2D eigenvalue weighted by molar-refractivity contribution is 5.84. The van der Waals surface area contributed by atoms with E-state index in [2.05, 4.69) is 0 Å². The minimum atomic E-state index is -1.04. The molecule has 0 saturated carbocycles. The zero-order valence-electron chi connectivity index (χ0n) is 11.3. The number of carboxylic acids is 1. The molecule has 1 aliphatic rings. The second-order valence-electron chi connectivity index (χ2n) is 5.08. The minimum absolute atomic E-state index is 0.187. The smallest absolute Gasteiger partial charge is 0.323 e. The van der Waals surface area contributed by atoms with Crippen molar-refractivity contribution in [2.75, 3.05) is 19.6 Å². The number of amides is 3. The lowest BCUT2D eigenvalue weighted by atomic mass is 9.96. The van der Waals surface area contributed by atoms with E-state index in [1.54, 1.807) is 13.8 Å². The molecule has 7 heteroatoms. The van der Waals surface area contributed by atoms with Gasteiger partial charge in [0.1, 0.15) is 6.54 Å². The van der Waals surface area contributed by atoms with Crippen molar-refractivity contribution < 1.29 is 19.5 Å². The SMILES string of the molecule is CC(C)N(CC(=O)O)C(=O)[C@H]1CCCN(C(N)=O)C1. The molecule has 0 spiro atoms. The van der Waals surface area contributed by atoms with Crippen LogP contribution in [0.3, 0.4) is 0 Å². The maximum absolute atomic E-state index is 12.3. The lowest BCUT2D eigenvalue weighted by Gasteiger charge is -2.35. The van der Waals surface area contributed by atoms with Gasteiger partial charge in [0.2, 0.25) is 5.91 Å². The van der Waals surface area contributed by atoms with Crippen molar-refractivity contribution in [3.05, 3.63) is 0 Å². The van der Waals surface area contributed by atoms with Crippen LogP contribution < -0.4 is 5.73 Å². The Balaban J connectivity index is 2.73. The zero-order chi connectivity index (χ0) is 14.6. The van der Waals surface area contributed by atoms with Crippen LogP contribution in [-0.4, -0.2) is 58.5 Å². The number of piperidine rings is 1. The summed E-state index contributed by atoms with van der Waals surface area (Å²) in [5.41, 5.74) is 5.21. The zero-order valence-corrected chi connectivity index (χ0v) is 11.3. The first kappa shape index (κ1) is 15.3. The Labute approximate surface area is 112 Å². The Morgan fingerprint density at radius 2 is 2.05 bits per heavy atom. The monoisotopic (exact) mass is 271 g/mol. The van der Waals surface area contributed by atoms with E-state index < -0.39 is 12.0 Å². The molecule has 0 bridgehead atoms. The first-order valence-electron chi connectivity index (χ1n) is 6.39. The van der Waals surface area contributed by atoms with Gasteiger partial charge < -0.3 is 20.6 Å². The van der Waals surface area contributed by atoms with E-state index in [1.165, 1.54) is 9.80 Å². The number of hydrogen-bond acceptors (Lipinski definition) is 3. The van der Waals surface area contributed by atoms with Gasteiger partial charge in [-0.2, -0.15) is 0 Å². The quantitative estimate of drug-likeness (QED) is 0.756. The van der Waals surface area contributed by atoms with Gasteiger partial charge in [-0.05, 0) is 26.7 Å². The number of nitrogens with two attached hydrogens (primary N) is 1. The predicted octanol–water partition coefficient (Wildman–Crippen LogP) is 0.0987. The summed E-state index contributed by atoms with van der Waals surface area (Å²) >= 11 is 0. The highest BCUT2D eigenvalue weighted by Crippen LogP contribution is 2.19. The summed E-state index contributed by atoms with van der Waals surface area (Å²) in [5.74, 6) is -1.61. The molecular weight excluding hydrogens is 250 g/mol. The second-order valence-corrected chi connectivity index (χ2v) is 5.08. The average Bonchev–Trinajstić information content (AvgIpc) is 2.34. The van der Waals surface area contributed by atoms with Crippen molar-refractivity contribution in [1.29, 1.82) is 0 Å². The fourth-order valence-electron chi connectivity index (χ4n) is 2.27. The van der Waals surface area contributed by atoms with E-state index in [0.717, 1.165) is 0 Å². The van der Waals surface area contributed by atoms with Gasteiger partial charge in [0.05, 0.1) is 5.92 Å². The fraction of sp³-hybridized carbons (Fsp3) is 0.750. The molecule has 108 valence electrons. The molecule has 1 aliphatic heterocycles. The molecule has 19 heavy (non-hydrogen) atoms. The summed E-state index contributed by atoms with van der Waals surface area (Å²) in [7, 11) is 0. The number of carbonyl (C=O) groups excluding carboxylic acids is 2. The lowest BCUT2D eigenvalue weighted by Crippen LogP contribution is -2.50. The molecule has 1 heterocycles. The predicted molar refractivity (Wildman–Crippen MR) is 68.4 cm³/mol. The van der Waals surface area contributed by atoms with Gasteiger partial charge >= 0.3 is 12.0 Å². The van der Waals surface area contributed by atoms with Crippen LogP contribution in [0.4, 0.5) is 4.79 Å². The summed E-state index contributed by atoms with van der Waals surface area (Å²) in [6.45, 7) is 4.06. The van der Waals surface area contributed by atoms with Crippen LogP contribution in [0.5, 0.6) is 0 Å². The van der Waals surface area contributed by atoms with Gasteiger partial charge in [-0.25, -0.2) is 4.79 Å². The van der Waals surface area contributed by atoms with Crippen molar-refractivity contribution in [2.45, 2.75) is 32.7 Å². The summed E-state index contributed by atoms with van der Waals surface area (Å²) in [4.78, 5) is 37.0. The van der Waals surface area contributed by atoms with Crippen molar-refractivity contribution in [3.63, 3.8) is 0 Å².